The molecule has 3 saturated carbocycles. The first kappa shape index (κ1) is 14.4. The quantitative estimate of drug-likeness (QED) is 0.899. The van der Waals surface area contributed by atoms with Gasteiger partial charge >= 0.3 is 6.09 Å². The molecule has 0 heterocycles. The lowest BCUT2D eigenvalue weighted by Crippen LogP contribution is -2.76. The molecule has 114 valence electrons. The highest BCUT2D eigenvalue weighted by atomic mass is 16.6. The summed E-state index contributed by atoms with van der Waals surface area (Å²) in [6.45, 7) is 5.70. The van der Waals surface area contributed by atoms with Crippen molar-refractivity contribution in [2.24, 2.45) is 0 Å². The number of hydrogen-bond donors (Lipinski definition) is 2. The first-order chi connectivity index (χ1) is 9.76. The van der Waals surface area contributed by atoms with E-state index in [2.05, 4.69) is 17.4 Å². The molecule has 1 aromatic carbocycles. The standard InChI is InChI=1S/C17H23NO3/c1-15(2,3)21-14(20)18-17-9-16(10-17,11-17)13-6-4-12(8-19)5-7-13/h4-7,19H,8-11H2,1-3H3,(H,18,20). The van der Waals surface area contributed by atoms with Gasteiger partial charge in [-0.3, -0.25) is 0 Å². The molecule has 0 saturated heterocycles. The minimum Gasteiger partial charge on any atom is -0.444 e. The van der Waals surface area contributed by atoms with Crippen molar-refractivity contribution in [3.8, 4) is 0 Å². The number of carbonyl (C=O) groups is 1. The van der Waals surface area contributed by atoms with Gasteiger partial charge in [0.15, 0.2) is 0 Å². The molecule has 0 spiro atoms. The Morgan fingerprint density at radius 3 is 2.29 bits per heavy atom. The molecule has 0 aromatic heterocycles. The number of alkyl carbamates (subject to hydrolysis) is 1. The number of benzene rings is 1. The zero-order valence-corrected chi connectivity index (χ0v) is 12.9. The van der Waals surface area contributed by atoms with Crippen LogP contribution in [0.3, 0.4) is 0 Å². The van der Waals surface area contributed by atoms with Crippen LogP contribution in [0, 0.1) is 0 Å². The van der Waals surface area contributed by atoms with E-state index in [1.165, 1.54) is 5.56 Å². The summed E-state index contributed by atoms with van der Waals surface area (Å²) in [5, 5.41) is 12.1. The molecule has 4 rings (SSSR count). The second kappa shape index (κ2) is 4.47. The SMILES string of the molecule is CC(C)(C)OC(=O)NC12CC(c3ccc(CO)cc3)(C1)C2. The molecule has 0 aliphatic heterocycles. The topological polar surface area (TPSA) is 58.6 Å². The van der Waals surface area contributed by atoms with Crippen molar-refractivity contribution in [2.75, 3.05) is 0 Å². The Hall–Kier alpha value is -1.55. The molecule has 0 radical (unpaired) electrons. The molecule has 3 aliphatic rings. The fourth-order valence-electron chi connectivity index (χ4n) is 3.71. The third kappa shape index (κ3) is 2.53. The number of carbonyl (C=O) groups excluding carboxylic acids is 1. The minimum absolute atomic E-state index is 0.0576. The summed E-state index contributed by atoms with van der Waals surface area (Å²) >= 11 is 0. The monoisotopic (exact) mass is 289 g/mol. The predicted molar refractivity (Wildman–Crippen MR) is 80.0 cm³/mol. The number of aliphatic hydroxyl groups excluding tert-OH is 1. The lowest BCUT2D eigenvalue weighted by Gasteiger charge is -2.70. The van der Waals surface area contributed by atoms with Gasteiger partial charge in [0, 0.05) is 11.0 Å². The van der Waals surface area contributed by atoms with Gasteiger partial charge in [0.05, 0.1) is 6.61 Å². The summed E-state index contributed by atoms with van der Waals surface area (Å²) in [5.74, 6) is 0. The molecule has 0 atom stereocenters. The van der Waals surface area contributed by atoms with Crippen molar-refractivity contribution in [1.82, 2.24) is 5.32 Å². The van der Waals surface area contributed by atoms with Gasteiger partial charge in [0.2, 0.25) is 0 Å². The normalized spacial score (nSPS) is 30.1. The Morgan fingerprint density at radius 1 is 1.24 bits per heavy atom. The van der Waals surface area contributed by atoms with Gasteiger partial charge in [-0.05, 0) is 51.2 Å². The van der Waals surface area contributed by atoms with Crippen LogP contribution in [0.15, 0.2) is 24.3 Å². The van der Waals surface area contributed by atoms with E-state index in [0.29, 0.717) is 0 Å². The summed E-state index contributed by atoms with van der Waals surface area (Å²) in [6.07, 6.45) is 2.64. The maximum Gasteiger partial charge on any atom is 0.408 e. The molecular weight excluding hydrogens is 266 g/mol. The third-order valence-electron chi connectivity index (χ3n) is 4.55. The third-order valence-corrected chi connectivity index (χ3v) is 4.55. The minimum atomic E-state index is -0.453. The summed E-state index contributed by atoms with van der Waals surface area (Å²) in [5.41, 5.74) is 1.96. The van der Waals surface area contributed by atoms with Gasteiger partial charge < -0.3 is 15.2 Å². The zero-order chi connectivity index (χ0) is 15.3. The number of amides is 1. The van der Waals surface area contributed by atoms with E-state index in [0.717, 1.165) is 24.8 Å². The van der Waals surface area contributed by atoms with Crippen molar-refractivity contribution in [3.05, 3.63) is 35.4 Å². The van der Waals surface area contributed by atoms with E-state index in [1.54, 1.807) is 0 Å². The maximum absolute atomic E-state index is 11.9. The highest BCUT2D eigenvalue weighted by Crippen LogP contribution is 2.67. The fraction of sp³-hybridized carbons (Fsp3) is 0.588. The highest BCUT2D eigenvalue weighted by Gasteiger charge is 2.69. The van der Waals surface area contributed by atoms with Crippen LogP contribution in [0.2, 0.25) is 0 Å². The van der Waals surface area contributed by atoms with Gasteiger partial charge in [0.1, 0.15) is 5.60 Å². The van der Waals surface area contributed by atoms with Crippen LogP contribution in [0.4, 0.5) is 4.79 Å². The fourth-order valence-corrected chi connectivity index (χ4v) is 3.71. The van der Waals surface area contributed by atoms with E-state index in [-0.39, 0.29) is 23.7 Å². The lowest BCUT2D eigenvalue weighted by molar-refractivity contribution is -0.0884. The van der Waals surface area contributed by atoms with Gasteiger partial charge in [-0.25, -0.2) is 4.79 Å². The van der Waals surface area contributed by atoms with Crippen molar-refractivity contribution in [3.63, 3.8) is 0 Å². The molecule has 2 bridgehead atoms. The molecule has 1 amide bonds. The molecule has 2 N–H and O–H groups in total. The van der Waals surface area contributed by atoms with Crippen molar-refractivity contribution < 1.29 is 14.6 Å². The molecule has 3 fully saturated rings. The number of aliphatic hydroxyl groups is 1. The lowest BCUT2D eigenvalue weighted by atomic mass is 9.37. The maximum atomic E-state index is 11.9. The largest absolute Gasteiger partial charge is 0.444 e. The van der Waals surface area contributed by atoms with Crippen molar-refractivity contribution in [2.45, 2.75) is 63.2 Å². The van der Waals surface area contributed by atoms with E-state index in [4.69, 9.17) is 9.84 Å². The van der Waals surface area contributed by atoms with Crippen LogP contribution >= 0.6 is 0 Å². The molecule has 0 unspecified atom stereocenters. The Morgan fingerprint density at radius 2 is 1.81 bits per heavy atom. The first-order valence-electron chi connectivity index (χ1n) is 7.47. The van der Waals surface area contributed by atoms with Crippen LogP contribution in [-0.4, -0.2) is 22.3 Å². The molecule has 21 heavy (non-hydrogen) atoms. The van der Waals surface area contributed by atoms with E-state index >= 15 is 0 Å². The number of ether oxygens (including phenoxy) is 1. The van der Waals surface area contributed by atoms with Gasteiger partial charge in [-0.1, -0.05) is 24.3 Å². The summed E-state index contributed by atoms with van der Waals surface area (Å²) < 4.78 is 5.33. The van der Waals surface area contributed by atoms with Crippen molar-refractivity contribution >= 4 is 6.09 Å². The Labute approximate surface area is 125 Å². The highest BCUT2D eigenvalue weighted by molar-refractivity contribution is 5.70. The Bertz CT molecular complexity index is 537. The predicted octanol–water partition coefficient (Wildman–Crippen LogP) is 2.88. The van der Waals surface area contributed by atoms with E-state index in [1.807, 2.05) is 32.9 Å². The second-order valence-electron chi connectivity index (χ2n) is 7.57. The van der Waals surface area contributed by atoms with Gasteiger partial charge in [-0.2, -0.15) is 0 Å². The number of hydrogen-bond acceptors (Lipinski definition) is 3. The molecule has 1 aromatic rings. The summed E-state index contributed by atoms with van der Waals surface area (Å²) in [4.78, 5) is 11.9. The molecular formula is C17H23NO3. The Kier molecular flexibility index (Phi) is 3.06. The average molecular weight is 289 g/mol. The Balaban J connectivity index is 1.58. The van der Waals surface area contributed by atoms with Gasteiger partial charge in [-0.15, -0.1) is 0 Å². The van der Waals surface area contributed by atoms with Crippen LogP contribution in [-0.2, 0) is 16.8 Å². The van der Waals surface area contributed by atoms with E-state index in [9.17, 15) is 4.79 Å². The summed E-state index contributed by atoms with van der Waals surface area (Å²) in [6, 6.07) is 8.15. The summed E-state index contributed by atoms with van der Waals surface area (Å²) in [7, 11) is 0. The van der Waals surface area contributed by atoms with Crippen LogP contribution in [0.5, 0.6) is 0 Å². The molecule has 3 aliphatic carbocycles. The molecule has 4 heteroatoms. The number of nitrogens with one attached hydrogen (secondary N) is 1. The molecule has 4 nitrogen and oxygen atoms in total. The average Bonchev–Trinajstić information content (AvgIpc) is 2.30. The first-order valence-corrected chi connectivity index (χ1v) is 7.47. The smallest absolute Gasteiger partial charge is 0.408 e. The second-order valence-corrected chi connectivity index (χ2v) is 7.57. The van der Waals surface area contributed by atoms with Gasteiger partial charge in [0.25, 0.3) is 0 Å². The van der Waals surface area contributed by atoms with Crippen LogP contribution in [0.1, 0.15) is 51.2 Å². The zero-order valence-electron chi connectivity index (χ0n) is 12.9. The van der Waals surface area contributed by atoms with Crippen LogP contribution < -0.4 is 5.32 Å². The van der Waals surface area contributed by atoms with E-state index < -0.39 is 5.60 Å². The van der Waals surface area contributed by atoms with Crippen LogP contribution in [0.25, 0.3) is 0 Å². The number of rotatable bonds is 3. The van der Waals surface area contributed by atoms with Crippen molar-refractivity contribution in [1.29, 1.82) is 0 Å².